The Labute approximate surface area is 126 Å². The second-order valence-corrected chi connectivity index (χ2v) is 5.48. The zero-order valence-electron chi connectivity index (χ0n) is 12.3. The second kappa shape index (κ2) is 6.08. The van der Waals surface area contributed by atoms with Gasteiger partial charge in [-0.2, -0.15) is 0 Å². The zero-order valence-corrected chi connectivity index (χ0v) is 12.3. The van der Waals surface area contributed by atoms with E-state index in [0.717, 1.165) is 25.1 Å². The molecule has 1 amide bonds. The molecule has 1 unspecified atom stereocenters. The molecule has 116 valence electrons. The molecule has 8 nitrogen and oxygen atoms in total. The lowest BCUT2D eigenvalue weighted by atomic mass is 9.94. The van der Waals surface area contributed by atoms with Gasteiger partial charge in [0.25, 0.3) is 0 Å². The van der Waals surface area contributed by atoms with Crippen molar-refractivity contribution >= 4 is 5.91 Å². The van der Waals surface area contributed by atoms with Gasteiger partial charge in [0.2, 0.25) is 5.91 Å². The molecule has 3 heterocycles. The molecular formula is C14H17N5O3. The van der Waals surface area contributed by atoms with Gasteiger partial charge in [-0.05, 0) is 25.8 Å². The number of hydrogen-bond donors (Lipinski definition) is 1. The van der Waals surface area contributed by atoms with Gasteiger partial charge in [0.05, 0.1) is 6.42 Å². The van der Waals surface area contributed by atoms with E-state index in [4.69, 9.17) is 0 Å². The number of carbonyl (C=O) groups excluding carboxylic acids is 1. The van der Waals surface area contributed by atoms with Crippen LogP contribution in [0.3, 0.4) is 0 Å². The second-order valence-electron chi connectivity index (χ2n) is 5.48. The summed E-state index contributed by atoms with van der Waals surface area (Å²) in [6.07, 6.45) is 3.53. The monoisotopic (exact) mass is 303 g/mol. The van der Waals surface area contributed by atoms with Crippen molar-refractivity contribution in [3.63, 3.8) is 0 Å². The van der Waals surface area contributed by atoms with Gasteiger partial charge in [-0.15, -0.1) is 0 Å². The quantitative estimate of drug-likeness (QED) is 0.880. The smallest absolute Gasteiger partial charge is 0.342 e. The molecule has 0 spiro atoms. The molecule has 1 aliphatic rings. The van der Waals surface area contributed by atoms with Crippen LogP contribution in [-0.4, -0.2) is 44.2 Å². The van der Waals surface area contributed by atoms with Crippen LogP contribution in [0.25, 0.3) is 0 Å². The molecule has 0 radical (unpaired) electrons. The maximum Gasteiger partial charge on any atom is 0.345 e. The number of nitrogens with zero attached hydrogens (tertiary/aromatic N) is 4. The topological polar surface area (TPSA) is 105 Å². The number of hydrogen-bond acceptors (Lipinski definition) is 6. The molecule has 2 aromatic heterocycles. The van der Waals surface area contributed by atoms with Gasteiger partial charge in [-0.3, -0.25) is 4.79 Å². The molecule has 1 aliphatic heterocycles. The predicted molar refractivity (Wildman–Crippen MR) is 76.2 cm³/mol. The van der Waals surface area contributed by atoms with Gasteiger partial charge in [0.1, 0.15) is 11.4 Å². The van der Waals surface area contributed by atoms with Gasteiger partial charge >= 0.3 is 5.69 Å². The fraction of sp³-hybridized carbons (Fsp3) is 0.500. The van der Waals surface area contributed by atoms with E-state index >= 15 is 0 Å². The van der Waals surface area contributed by atoms with Gasteiger partial charge in [0.15, 0.2) is 0 Å². The van der Waals surface area contributed by atoms with Crippen molar-refractivity contribution in [2.24, 2.45) is 0 Å². The lowest BCUT2D eigenvalue weighted by Gasteiger charge is -2.32. The molecule has 22 heavy (non-hydrogen) atoms. The molecule has 3 rings (SSSR count). The van der Waals surface area contributed by atoms with Crippen molar-refractivity contribution < 1.29 is 9.42 Å². The Bertz CT molecular complexity index is 723. The molecule has 0 aliphatic carbocycles. The third-order valence-corrected chi connectivity index (χ3v) is 3.98. The zero-order chi connectivity index (χ0) is 15.5. The van der Waals surface area contributed by atoms with Crippen LogP contribution in [0.15, 0.2) is 21.7 Å². The number of carbonyl (C=O) groups is 1. The average molecular weight is 303 g/mol. The minimum Gasteiger partial charge on any atom is -0.342 e. The van der Waals surface area contributed by atoms with E-state index < -0.39 is 0 Å². The minimum atomic E-state index is -0.356. The van der Waals surface area contributed by atoms with Gasteiger partial charge in [-0.1, -0.05) is 10.3 Å². The van der Waals surface area contributed by atoms with Crippen LogP contribution in [0.1, 0.15) is 35.8 Å². The Morgan fingerprint density at radius 3 is 3.09 bits per heavy atom. The van der Waals surface area contributed by atoms with E-state index in [-0.39, 0.29) is 23.9 Å². The van der Waals surface area contributed by atoms with Gasteiger partial charge < -0.3 is 9.88 Å². The highest BCUT2D eigenvalue weighted by Crippen LogP contribution is 2.25. The molecule has 0 saturated carbocycles. The molecule has 0 bridgehead atoms. The summed E-state index contributed by atoms with van der Waals surface area (Å²) in [7, 11) is 0. The molecule has 1 atom stereocenters. The summed E-state index contributed by atoms with van der Waals surface area (Å²) in [6.45, 7) is 3.07. The molecule has 1 N–H and O–H groups in total. The Morgan fingerprint density at radius 1 is 1.50 bits per heavy atom. The van der Waals surface area contributed by atoms with Gasteiger partial charge in [0, 0.05) is 30.9 Å². The van der Waals surface area contributed by atoms with Crippen LogP contribution in [0.4, 0.5) is 0 Å². The Morgan fingerprint density at radius 2 is 2.36 bits per heavy atom. The number of H-pyrrole nitrogens is 1. The first kappa shape index (κ1) is 14.4. The third kappa shape index (κ3) is 3.05. The molecule has 8 heteroatoms. The molecule has 1 fully saturated rings. The summed E-state index contributed by atoms with van der Waals surface area (Å²) in [6, 6.07) is 1.80. The number of likely N-dealkylation sites (tertiary alicyclic amines) is 1. The van der Waals surface area contributed by atoms with Crippen LogP contribution in [0.2, 0.25) is 0 Å². The summed E-state index contributed by atoms with van der Waals surface area (Å²) in [5.74, 6) is 0.129. The largest absolute Gasteiger partial charge is 0.345 e. The summed E-state index contributed by atoms with van der Waals surface area (Å²) in [5.41, 5.74) is 1.69. The van der Waals surface area contributed by atoms with E-state index in [1.807, 2.05) is 0 Å². The highest BCUT2D eigenvalue weighted by Gasteiger charge is 2.26. The maximum atomic E-state index is 12.4. The van der Waals surface area contributed by atoms with Crippen LogP contribution in [0, 0.1) is 6.92 Å². The van der Waals surface area contributed by atoms with E-state index in [0.29, 0.717) is 17.9 Å². The Balaban J connectivity index is 1.69. The number of rotatable bonds is 3. The number of amides is 1. The Hall–Kier alpha value is -2.51. The van der Waals surface area contributed by atoms with Crippen LogP contribution in [0.5, 0.6) is 0 Å². The number of nitrogens with one attached hydrogen (secondary N) is 1. The average Bonchev–Trinajstić information content (AvgIpc) is 2.92. The highest BCUT2D eigenvalue weighted by atomic mass is 16.6. The number of aromatic nitrogens is 4. The fourth-order valence-corrected chi connectivity index (χ4v) is 2.74. The molecule has 0 aromatic carbocycles. The van der Waals surface area contributed by atoms with E-state index in [1.165, 1.54) is 6.20 Å². The summed E-state index contributed by atoms with van der Waals surface area (Å²) >= 11 is 0. The van der Waals surface area contributed by atoms with E-state index in [9.17, 15) is 9.59 Å². The number of piperidine rings is 1. The van der Waals surface area contributed by atoms with Crippen LogP contribution in [-0.2, 0) is 11.2 Å². The predicted octanol–water partition coefficient (Wildman–Crippen LogP) is 0.410. The van der Waals surface area contributed by atoms with Crippen molar-refractivity contribution in [2.45, 2.75) is 32.1 Å². The maximum absolute atomic E-state index is 12.4. The number of aromatic amines is 1. The summed E-state index contributed by atoms with van der Waals surface area (Å²) in [5, 5.41) is 7.43. The van der Waals surface area contributed by atoms with Gasteiger partial charge in [-0.25, -0.2) is 14.4 Å². The fourth-order valence-electron chi connectivity index (χ4n) is 2.74. The third-order valence-electron chi connectivity index (χ3n) is 3.98. The molecule has 2 aromatic rings. The Kier molecular flexibility index (Phi) is 3.99. The highest BCUT2D eigenvalue weighted by molar-refractivity contribution is 5.78. The van der Waals surface area contributed by atoms with E-state index in [2.05, 4.69) is 24.9 Å². The normalized spacial score (nSPS) is 18.4. The van der Waals surface area contributed by atoms with Crippen molar-refractivity contribution in [1.29, 1.82) is 0 Å². The SMILES string of the molecule is Cc1nonc1CC(=O)N1CCCC(c2ccnc(=O)[nH]2)C1. The standard InChI is InChI=1S/C14H17N5O3/c1-9-12(18-22-17-9)7-13(20)19-6-2-3-10(8-19)11-4-5-15-14(21)16-11/h4-5,10H,2-3,6-8H2,1H3,(H,15,16,21). The lowest BCUT2D eigenvalue weighted by molar-refractivity contribution is -0.131. The van der Waals surface area contributed by atoms with Crippen LogP contribution < -0.4 is 5.69 Å². The van der Waals surface area contributed by atoms with Crippen LogP contribution >= 0.6 is 0 Å². The first-order valence-corrected chi connectivity index (χ1v) is 7.24. The van der Waals surface area contributed by atoms with E-state index in [1.54, 1.807) is 17.9 Å². The lowest BCUT2D eigenvalue weighted by Crippen LogP contribution is -2.40. The van der Waals surface area contributed by atoms with Crippen molar-refractivity contribution in [3.8, 4) is 0 Å². The minimum absolute atomic E-state index is 0.0000898. The molecular weight excluding hydrogens is 286 g/mol. The summed E-state index contributed by atoms with van der Waals surface area (Å²) < 4.78 is 4.62. The van der Waals surface area contributed by atoms with Crippen molar-refractivity contribution in [1.82, 2.24) is 25.2 Å². The first-order chi connectivity index (χ1) is 10.6. The van der Waals surface area contributed by atoms with Crippen molar-refractivity contribution in [3.05, 3.63) is 39.8 Å². The first-order valence-electron chi connectivity index (χ1n) is 7.24. The number of aryl methyl sites for hydroxylation is 1. The molecule has 1 saturated heterocycles. The van der Waals surface area contributed by atoms with Crippen molar-refractivity contribution in [2.75, 3.05) is 13.1 Å². The summed E-state index contributed by atoms with van der Waals surface area (Å²) in [4.78, 5) is 31.9.